The van der Waals surface area contributed by atoms with Gasteiger partial charge in [0.2, 0.25) is 6.10 Å². The molecule has 3 nitrogen and oxygen atoms in total. The topological polar surface area (TPSA) is 29.5 Å². The number of thioether (sulfide) groups is 1. The smallest absolute Gasteiger partial charge is 0.271 e. The molecule has 4 aromatic carbocycles. The molecule has 3 atom stereocenters. The maximum atomic E-state index is 13.7. The van der Waals surface area contributed by atoms with E-state index in [9.17, 15) is 4.79 Å². The molecule has 33 heavy (non-hydrogen) atoms. The lowest BCUT2D eigenvalue weighted by molar-refractivity contribution is -0.142. The number of fused-ring (bicyclic) bond motifs is 3. The quantitative estimate of drug-likeness (QED) is 0.328. The minimum atomic E-state index is -0.603. The minimum Gasteiger partial charge on any atom is -0.478 e. The zero-order chi connectivity index (χ0) is 22.3. The Labute approximate surface area is 198 Å². The lowest BCUT2D eigenvalue weighted by atomic mass is 9.70. The van der Waals surface area contributed by atoms with Crippen LogP contribution in [0, 0.1) is 0 Å². The van der Waals surface area contributed by atoms with Crippen LogP contribution in [0.4, 0.5) is 5.69 Å². The summed E-state index contributed by atoms with van der Waals surface area (Å²) in [6.45, 7) is 0. The predicted molar refractivity (Wildman–Crippen MR) is 133 cm³/mol. The molecule has 1 amide bonds. The molecule has 162 valence electrons. The van der Waals surface area contributed by atoms with Gasteiger partial charge in [-0.05, 0) is 41.8 Å². The second-order valence-electron chi connectivity index (χ2n) is 8.46. The molecule has 0 aromatic heterocycles. The molecule has 0 N–H and O–H groups in total. The zero-order valence-electron chi connectivity index (χ0n) is 18.0. The Morgan fingerprint density at radius 3 is 2.09 bits per heavy atom. The highest BCUT2D eigenvalue weighted by atomic mass is 32.2. The van der Waals surface area contributed by atoms with Crippen LogP contribution >= 0.6 is 11.8 Å². The normalized spacial score (nSPS) is 23.6. The van der Waals surface area contributed by atoms with E-state index >= 15 is 0 Å². The molecule has 4 heteroatoms. The summed E-state index contributed by atoms with van der Waals surface area (Å²) in [4.78, 5) is 16.8. The van der Waals surface area contributed by atoms with Crippen molar-refractivity contribution in [3.05, 3.63) is 126 Å². The zero-order valence-corrected chi connectivity index (χ0v) is 18.8. The number of para-hydroxylation sites is 2. The first kappa shape index (κ1) is 20.1. The fraction of sp³-hybridized carbons (Fsp3) is 0.138. The number of ether oxygens (including phenoxy) is 1. The molecule has 0 spiro atoms. The van der Waals surface area contributed by atoms with Gasteiger partial charge in [0, 0.05) is 10.1 Å². The maximum absolute atomic E-state index is 13.7. The average Bonchev–Trinajstić information content (AvgIpc) is 3.02. The molecule has 1 saturated heterocycles. The second kappa shape index (κ2) is 8.13. The Bertz CT molecular complexity index is 1280. The highest BCUT2D eigenvalue weighted by Gasteiger charge is 2.65. The summed E-state index contributed by atoms with van der Waals surface area (Å²) >= 11 is 1.83. The van der Waals surface area contributed by atoms with Gasteiger partial charge in [-0.15, -0.1) is 11.8 Å². The molecule has 6 rings (SSSR count). The van der Waals surface area contributed by atoms with E-state index in [4.69, 9.17) is 4.74 Å². The van der Waals surface area contributed by atoms with Crippen molar-refractivity contribution in [2.24, 2.45) is 0 Å². The Kier molecular flexibility index (Phi) is 4.96. The van der Waals surface area contributed by atoms with Crippen LogP contribution in [0.5, 0.6) is 5.75 Å². The van der Waals surface area contributed by atoms with Gasteiger partial charge in [-0.3, -0.25) is 9.69 Å². The van der Waals surface area contributed by atoms with E-state index in [1.165, 1.54) is 5.56 Å². The van der Waals surface area contributed by atoms with Crippen LogP contribution in [0.2, 0.25) is 0 Å². The van der Waals surface area contributed by atoms with Gasteiger partial charge in [-0.25, -0.2) is 0 Å². The lowest BCUT2D eigenvalue weighted by Gasteiger charge is -2.57. The largest absolute Gasteiger partial charge is 0.478 e. The van der Waals surface area contributed by atoms with Crippen molar-refractivity contribution in [1.82, 2.24) is 0 Å². The Balaban J connectivity index is 1.55. The number of amides is 1. The first-order valence-electron chi connectivity index (χ1n) is 11.2. The molecule has 2 aliphatic rings. The predicted octanol–water partition coefficient (Wildman–Crippen LogP) is 6.61. The molecule has 0 bridgehead atoms. The maximum Gasteiger partial charge on any atom is 0.271 e. The van der Waals surface area contributed by atoms with E-state index in [1.807, 2.05) is 83.4 Å². The monoisotopic (exact) mass is 449 g/mol. The molecular weight excluding hydrogens is 426 g/mol. The van der Waals surface area contributed by atoms with Gasteiger partial charge < -0.3 is 4.74 Å². The summed E-state index contributed by atoms with van der Waals surface area (Å²) in [5.41, 5.74) is 2.72. The van der Waals surface area contributed by atoms with E-state index in [-0.39, 0.29) is 11.2 Å². The van der Waals surface area contributed by atoms with E-state index in [1.54, 1.807) is 0 Å². The summed E-state index contributed by atoms with van der Waals surface area (Å²) in [6.07, 6.45) is 0.157. The molecule has 4 aromatic rings. The third-order valence-electron chi connectivity index (χ3n) is 6.59. The number of hydrogen-bond acceptors (Lipinski definition) is 3. The van der Waals surface area contributed by atoms with Crippen LogP contribution in [0.15, 0.2) is 120 Å². The number of carbonyl (C=O) groups is 1. The van der Waals surface area contributed by atoms with Crippen LogP contribution in [0.1, 0.15) is 22.8 Å². The Hall–Kier alpha value is -3.50. The number of β-lactam (4-membered cyclic amide) rings is 1. The summed E-state index contributed by atoms with van der Waals surface area (Å²) in [5.74, 6) is 0.719. The van der Waals surface area contributed by atoms with Gasteiger partial charge in [0.25, 0.3) is 5.91 Å². The van der Waals surface area contributed by atoms with Crippen LogP contribution in [0.25, 0.3) is 0 Å². The summed E-state index contributed by atoms with van der Waals surface area (Å²) in [6, 6.07) is 38.9. The van der Waals surface area contributed by atoms with E-state index in [0.717, 1.165) is 22.6 Å². The molecule has 0 unspecified atom stereocenters. The minimum absolute atomic E-state index is 0.00414. The highest BCUT2D eigenvalue weighted by Crippen LogP contribution is 2.59. The molecule has 0 saturated carbocycles. The number of rotatable bonds is 4. The highest BCUT2D eigenvalue weighted by molar-refractivity contribution is 7.99. The van der Waals surface area contributed by atoms with Crippen LogP contribution in [0.3, 0.4) is 0 Å². The second-order valence-corrected chi connectivity index (χ2v) is 9.71. The third kappa shape index (κ3) is 3.25. The average molecular weight is 450 g/mol. The lowest BCUT2D eigenvalue weighted by Crippen LogP contribution is -2.74. The van der Waals surface area contributed by atoms with Crippen molar-refractivity contribution < 1.29 is 9.53 Å². The van der Waals surface area contributed by atoms with Gasteiger partial charge >= 0.3 is 0 Å². The molecule has 2 heterocycles. The van der Waals surface area contributed by atoms with Crippen LogP contribution in [-0.4, -0.2) is 12.0 Å². The summed E-state index contributed by atoms with van der Waals surface area (Å²) < 4.78 is 6.44. The number of hydrogen-bond donors (Lipinski definition) is 0. The number of carbonyl (C=O) groups excluding carboxylic acids is 1. The molecule has 2 aliphatic heterocycles. The van der Waals surface area contributed by atoms with Crippen molar-refractivity contribution >= 4 is 23.4 Å². The van der Waals surface area contributed by atoms with E-state index in [0.29, 0.717) is 5.75 Å². The number of anilines is 1. The van der Waals surface area contributed by atoms with Gasteiger partial charge in [-0.1, -0.05) is 91.0 Å². The first-order chi connectivity index (χ1) is 16.3. The number of nitrogens with zero attached hydrogens (tertiary/aromatic N) is 1. The first-order valence-corrected chi connectivity index (χ1v) is 12.1. The fourth-order valence-electron chi connectivity index (χ4n) is 5.08. The summed E-state index contributed by atoms with van der Waals surface area (Å²) in [7, 11) is 0. The molecular formula is C29H23NO2S. The van der Waals surface area contributed by atoms with Crippen molar-refractivity contribution in [2.45, 2.75) is 28.2 Å². The standard InChI is InChI=1S/C29H23NO2S/c31-28-27(32-23-16-8-3-9-17-23)29(22-14-6-2-7-15-22)20-26(21-12-4-1-5-13-21)33-25-19-11-10-18-24(25)30(28)29/h1-19,26-27H,20H2/t26-,27+,29-/m0/s1. The Morgan fingerprint density at radius 1 is 0.758 bits per heavy atom. The van der Waals surface area contributed by atoms with Crippen molar-refractivity contribution in [2.75, 3.05) is 4.90 Å². The SMILES string of the molecule is O=C1[C@@H](Oc2ccccc2)[C@@]2(c3ccccc3)C[C@@H](c3ccccc3)Sc3ccccc3N12. The van der Waals surface area contributed by atoms with Crippen molar-refractivity contribution in [1.29, 1.82) is 0 Å². The van der Waals surface area contributed by atoms with Gasteiger partial charge in [-0.2, -0.15) is 0 Å². The van der Waals surface area contributed by atoms with Crippen molar-refractivity contribution in [3.63, 3.8) is 0 Å². The van der Waals surface area contributed by atoms with Crippen molar-refractivity contribution in [3.8, 4) is 5.75 Å². The third-order valence-corrected chi connectivity index (χ3v) is 7.91. The van der Waals surface area contributed by atoms with E-state index in [2.05, 4.69) is 48.5 Å². The van der Waals surface area contributed by atoms with Gasteiger partial charge in [0.15, 0.2) is 0 Å². The van der Waals surface area contributed by atoms with E-state index < -0.39 is 11.6 Å². The molecule has 1 fully saturated rings. The Morgan fingerprint density at radius 2 is 1.36 bits per heavy atom. The number of benzene rings is 4. The summed E-state index contributed by atoms with van der Waals surface area (Å²) in [5, 5.41) is 0.174. The molecule has 0 aliphatic carbocycles. The fourth-order valence-corrected chi connectivity index (χ4v) is 6.46. The van der Waals surface area contributed by atoms with Gasteiger partial charge in [0.1, 0.15) is 11.3 Å². The van der Waals surface area contributed by atoms with Crippen LogP contribution < -0.4 is 9.64 Å². The molecule has 0 radical (unpaired) electrons. The van der Waals surface area contributed by atoms with Gasteiger partial charge in [0.05, 0.1) is 5.69 Å². The van der Waals surface area contributed by atoms with Crippen LogP contribution in [-0.2, 0) is 10.3 Å².